The molecule has 1 N–H and O–H groups in total. The third kappa shape index (κ3) is 3.17. The topological polar surface area (TPSA) is 82.1 Å². The molecule has 0 unspecified atom stereocenters. The molecule has 0 bridgehead atoms. The summed E-state index contributed by atoms with van der Waals surface area (Å²) in [5, 5.41) is 8.34. The second-order valence-corrected chi connectivity index (χ2v) is 8.51. The maximum Gasteiger partial charge on any atom is 0.270 e. The molecule has 2 aliphatic heterocycles. The van der Waals surface area contributed by atoms with Gasteiger partial charge < -0.3 is 10.2 Å². The third-order valence-electron chi connectivity index (χ3n) is 5.19. The molecule has 8 heteroatoms. The SMILES string of the molecule is CC(=O)NC1=NN(C(C)=O)[C@]2(S1)C(=O)N(CCc1ccccc1)c1c(C)cccc12. The molecule has 154 valence electrons. The van der Waals surface area contributed by atoms with Crippen LogP contribution in [0.2, 0.25) is 0 Å². The molecule has 30 heavy (non-hydrogen) atoms. The number of carbonyl (C=O) groups excluding carboxylic acids is 3. The Hall–Kier alpha value is -3.13. The van der Waals surface area contributed by atoms with E-state index in [-0.39, 0.29) is 22.9 Å². The van der Waals surface area contributed by atoms with Crippen molar-refractivity contribution < 1.29 is 14.4 Å². The second kappa shape index (κ2) is 7.60. The van der Waals surface area contributed by atoms with Crippen LogP contribution in [0.25, 0.3) is 0 Å². The summed E-state index contributed by atoms with van der Waals surface area (Å²) in [5.74, 6) is -0.904. The average Bonchev–Trinajstić information content (AvgIpc) is 3.19. The van der Waals surface area contributed by atoms with Gasteiger partial charge in [-0.2, -0.15) is 5.01 Å². The molecular formula is C22H22N4O3S. The molecule has 0 radical (unpaired) electrons. The first kappa shape index (κ1) is 20.2. The predicted molar refractivity (Wildman–Crippen MR) is 117 cm³/mol. The Labute approximate surface area is 179 Å². The van der Waals surface area contributed by atoms with E-state index in [1.165, 1.54) is 18.9 Å². The number of hydrazone groups is 1. The number of carbonyl (C=O) groups is 3. The van der Waals surface area contributed by atoms with Crippen molar-refractivity contribution in [2.45, 2.75) is 32.1 Å². The van der Waals surface area contributed by atoms with Gasteiger partial charge in [-0.3, -0.25) is 14.4 Å². The van der Waals surface area contributed by atoms with Gasteiger partial charge in [-0.1, -0.05) is 48.5 Å². The highest BCUT2D eigenvalue weighted by molar-refractivity contribution is 8.15. The van der Waals surface area contributed by atoms with E-state index in [0.29, 0.717) is 18.5 Å². The van der Waals surface area contributed by atoms with E-state index < -0.39 is 4.87 Å². The molecule has 2 aromatic carbocycles. The zero-order chi connectivity index (χ0) is 21.5. The molecule has 1 spiro atoms. The van der Waals surface area contributed by atoms with Crippen LogP contribution in [0.5, 0.6) is 0 Å². The zero-order valence-electron chi connectivity index (χ0n) is 17.0. The summed E-state index contributed by atoms with van der Waals surface area (Å²) in [5.41, 5.74) is 3.59. The fourth-order valence-electron chi connectivity index (χ4n) is 3.95. The Morgan fingerprint density at radius 2 is 1.83 bits per heavy atom. The number of nitrogens with one attached hydrogen (secondary N) is 1. The van der Waals surface area contributed by atoms with E-state index in [1.54, 1.807) is 4.90 Å². The molecular weight excluding hydrogens is 400 g/mol. The fraction of sp³-hybridized carbons (Fsp3) is 0.273. The fourth-order valence-corrected chi connectivity index (χ4v) is 5.28. The summed E-state index contributed by atoms with van der Waals surface area (Å²) in [6.07, 6.45) is 0.681. The van der Waals surface area contributed by atoms with E-state index in [4.69, 9.17) is 0 Å². The maximum absolute atomic E-state index is 13.8. The number of amidine groups is 1. The number of anilines is 1. The smallest absolute Gasteiger partial charge is 0.270 e. The zero-order valence-corrected chi connectivity index (χ0v) is 17.8. The Bertz CT molecular complexity index is 1070. The molecule has 0 aliphatic carbocycles. The van der Waals surface area contributed by atoms with Crippen molar-refractivity contribution in [3.63, 3.8) is 0 Å². The molecule has 3 amide bonds. The Balaban J connectivity index is 1.76. The Morgan fingerprint density at radius 3 is 2.50 bits per heavy atom. The summed E-state index contributed by atoms with van der Waals surface area (Å²) in [4.78, 5) is 38.3. The molecule has 1 atom stereocenters. The van der Waals surface area contributed by atoms with Gasteiger partial charge in [0.2, 0.25) is 16.7 Å². The summed E-state index contributed by atoms with van der Waals surface area (Å²) < 4.78 is 0. The van der Waals surface area contributed by atoms with E-state index in [9.17, 15) is 14.4 Å². The number of fused-ring (bicyclic) bond motifs is 2. The van der Waals surface area contributed by atoms with Crippen LogP contribution in [0.4, 0.5) is 5.69 Å². The van der Waals surface area contributed by atoms with Crippen LogP contribution in [0.15, 0.2) is 53.6 Å². The molecule has 2 aliphatic rings. The summed E-state index contributed by atoms with van der Waals surface area (Å²) in [6, 6.07) is 15.6. The second-order valence-electron chi connectivity index (χ2n) is 7.33. The van der Waals surface area contributed by atoms with E-state index in [0.717, 1.165) is 28.6 Å². The van der Waals surface area contributed by atoms with Gasteiger partial charge in [-0.05, 0) is 36.2 Å². The lowest BCUT2D eigenvalue weighted by molar-refractivity contribution is -0.139. The first-order valence-electron chi connectivity index (χ1n) is 9.66. The minimum absolute atomic E-state index is 0.230. The Kier molecular flexibility index (Phi) is 5.11. The number of rotatable bonds is 3. The summed E-state index contributed by atoms with van der Waals surface area (Å²) in [6.45, 7) is 5.17. The van der Waals surface area contributed by atoms with Gasteiger partial charge in [0.25, 0.3) is 5.91 Å². The van der Waals surface area contributed by atoms with E-state index in [1.807, 2.05) is 55.5 Å². The van der Waals surface area contributed by atoms with Gasteiger partial charge in [-0.25, -0.2) is 0 Å². The lowest BCUT2D eigenvalue weighted by atomic mass is 10.0. The third-order valence-corrected chi connectivity index (χ3v) is 6.43. The molecule has 2 aromatic rings. The lowest BCUT2D eigenvalue weighted by Gasteiger charge is -2.29. The predicted octanol–water partition coefficient (Wildman–Crippen LogP) is 2.74. The number of hydrogen-bond acceptors (Lipinski definition) is 5. The summed E-state index contributed by atoms with van der Waals surface area (Å²) >= 11 is 1.10. The van der Waals surface area contributed by atoms with Gasteiger partial charge >= 0.3 is 0 Å². The first-order valence-corrected chi connectivity index (χ1v) is 10.5. The van der Waals surface area contributed by atoms with Gasteiger partial charge in [0, 0.05) is 26.0 Å². The molecule has 2 heterocycles. The number of hydrogen-bond donors (Lipinski definition) is 1. The largest absolute Gasteiger partial charge is 0.308 e. The molecule has 4 rings (SSSR count). The number of amides is 3. The maximum atomic E-state index is 13.8. The van der Waals surface area contributed by atoms with E-state index in [2.05, 4.69) is 10.4 Å². The number of nitrogens with zero attached hydrogens (tertiary/aromatic N) is 3. The van der Waals surface area contributed by atoms with Gasteiger partial charge in [-0.15, -0.1) is 5.10 Å². The molecule has 0 saturated carbocycles. The highest BCUT2D eigenvalue weighted by atomic mass is 32.2. The monoisotopic (exact) mass is 422 g/mol. The van der Waals surface area contributed by atoms with Crippen LogP contribution in [-0.4, -0.2) is 34.4 Å². The van der Waals surface area contributed by atoms with Crippen LogP contribution in [0, 0.1) is 6.92 Å². The number of benzene rings is 2. The minimum atomic E-state index is -1.35. The van der Waals surface area contributed by atoms with Gasteiger partial charge in [0.05, 0.1) is 5.69 Å². The minimum Gasteiger partial charge on any atom is -0.308 e. The van der Waals surface area contributed by atoms with Crippen LogP contribution in [0.3, 0.4) is 0 Å². The number of thioether (sulfide) groups is 1. The van der Waals surface area contributed by atoms with Crippen LogP contribution in [0.1, 0.15) is 30.5 Å². The number of para-hydroxylation sites is 1. The molecule has 0 saturated heterocycles. The van der Waals surface area contributed by atoms with Crippen molar-refractivity contribution in [3.05, 3.63) is 65.2 Å². The lowest BCUT2D eigenvalue weighted by Crippen LogP contribution is -2.49. The normalized spacial score (nSPS) is 19.8. The van der Waals surface area contributed by atoms with Crippen molar-refractivity contribution in [3.8, 4) is 0 Å². The summed E-state index contributed by atoms with van der Waals surface area (Å²) in [7, 11) is 0. The Morgan fingerprint density at radius 1 is 1.10 bits per heavy atom. The van der Waals surface area contributed by atoms with Crippen molar-refractivity contribution >= 4 is 40.3 Å². The first-order chi connectivity index (χ1) is 14.3. The highest BCUT2D eigenvalue weighted by Gasteiger charge is 2.61. The van der Waals surface area contributed by atoms with Crippen LogP contribution >= 0.6 is 11.8 Å². The van der Waals surface area contributed by atoms with Crippen LogP contribution in [-0.2, 0) is 25.7 Å². The average molecular weight is 423 g/mol. The highest BCUT2D eigenvalue weighted by Crippen LogP contribution is 2.55. The molecule has 0 fully saturated rings. The van der Waals surface area contributed by atoms with Crippen LogP contribution < -0.4 is 10.2 Å². The molecule has 7 nitrogen and oxygen atoms in total. The number of aryl methyl sites for hydroxylation is 1. The quantitative estimate of drug-likeness (QED) is 0.825. The van der Waals surface area contributed by atoms with E-state index >= 15 is 0 Å². The van der Waals surface area contributed by atoms with Crippen molar-refractivity contribution in [2.24, 2.45) is 5.10 Å². The van der Waals surface area contributed by atoms with Gasteiger partial charge in [0.15, 0.2) is 5.17 Å². The standard InChI is InChI=1S/C22H22N4O3S/c1-14-8-7-11-18-19(14)25(13-12-17-9-5-4-6-10-17)20(29)22(18)26(16(3)28)24-21(30-22)23-15(2)27/h4-11H,12-13H2,1-3H3,(H,23,24,27)/t22-/m1/s1. The van der Waals surface area contributed by atoms with Crippen molar-refractivity contribution in [2.75, 3.05) is 11.4 Å². The van der Waals surface area contributed by atoms with Gasteiger partial charge in [0.1, 0.15) is 0 Å². The molecule has 0 aromatic heterocycles. The van der Waals surface area contributed by atoms with Crippen molar-refractivity contribution in [1.29, 1.82) is 0 Å². The van der Waals surface area contributed by atoms with Crippen molar-refractivity contribution in [1.82, 2.24) is 10.3 Å².